The number of aliphatic hydroxyl groups is 2. The molecule has 0 rings (SSSR count). The van der Waals surface area contributed by atoms with E-state index >= 15 is 0 Å². The van der Waals surface area contributed by atoms with Crippen LogP contribution in [-0.2, 0) is 55.8 Å². The van der Waals surface area contributed by atoms with E-state index in [2.05, 4.69) is 130 Å². The van der Waals surface area contributed by atoms with Crippen LogP contribution in [-0.4, -0.2) is 95.9 Å². The van der Waals surface area contributed by atoms with Gasteiger partial charge >= 0.3 is 33.6 Å². The number of rotatable bonds is 62. The van der Waals surface area contributed by atoms with Gasteiger partial charge in [0.1, 0.15) is 25.4 Å². The summed E-state index contributed by atoms with van der Waals surface area (Å²) in [5.41, 5.74) is 0. The standard InChI is InChI=1S/C69H118O16P2/c1-4-7-10-13-16-19-22-25-26-27-28-29-30-31-32-33-34-35-36-39-41-43-46-49-52-55-67(72)79-58-64(70)59-81-86(75,76)82-60-65(71)61-83-87(77,78)84-63-66(85-69(74)57-54-51-48-45-42-38-24-21-18-15-12-9-6-3)62-80-68(73)56-53-50-47-44-40-37-23-20-17-14-11-8-5-2/h7,10-11,14,16,19-21,23-26,28-29,31-32,34-35,64-66,70-71H,4-6,8-9,12-13,15,17-18,22,27,30,33,36-63H2,1-3H3,(H,75,76)(H,77,78)/b10-7-,14-11-,19-16-,23-20-,24-21-,26-25-,29-28-,32-31-,35-34-. The molecule has 0 aliphatic heterocycles. The largest absolute Gasteiger partial charge is 0.472 e. The number of ether oxygens (including phenoxy) is 3. The lowest BCUT2D eigenvalue weighted by Gasteiger charge is -2.21. The molecule has 0 aromatic rings. The molecule has 18 heteroatoms. The van der Waals surface area contributed by atoms with E-state index in [4.69, 9.17) is 32.3 Å². The van der Waals surface area contributed by atoms with Crippen LogP contribution in [0.3, 0.4) is 0 Å². The van der Waals surface area contributed by atoms with Gasteiger partial charge in [-0.05, 0) is 122 Å². The van der Waals surface area contributed by atoms with Crippen LogP contribution in [0.5, 0.6) is 0 Å². The minimum absolute atomic E-state index is 0.0903. The number of esters is 3. The number of aliphatic hydroxyl groups excluding tert-OH is 2. The van der Waals surface area contributed by atoms with Crippen LogP contribution < -0.4 is 0 Å². The summed E-state index contributed by atoms with van der Waals surface area (Å²) in [6.45, 7) is 2.41. The average molecular weight is 1270 g/mol. The Bertz CT molecular complexity index is 2030. The summed E-state index contributed by atoms with van der Waals surface area (Å²) in [6.07, 6.45) is 68.7. The summed E-state index contributed by atoms with van der Waals surface area (Å²) in [7, 11) is -9.78. The summed E-state index contributed by atoms with van der Waals surface area (Å²) in [5.74, 6) is -1.62. The molecule has 87 heavy (non-hydrogen) atoms. The third-order valence-corrected chi connectivity index (χ3v) is 15.3. The maximum atomic E-state index is 12.9. The monoisotopic (exact) mass is 1260 g/mol. The summed E-state index contributed by atoms with van der Waals surface area (Å²) < 4.78 is 60.7. The zero-order valence-corrected chi connectivity index (χ0v) is 55.7. The van der Waals surface area contributed by atoms with Gasteiger partial charge in [0.25, 0.3) is 0 Å². The molecule has 0 aromatic heterocycles. The third kappa shape index (κ3) is 63.6. The zero-order valence-electron chi connectivity index (χ0n) is 53.9. The smallest absolute Gasteiger partial charge is 0.463 e. The highest BCUT2D eigenvalue weighted by molar-refractivity contribution is 7.47. The van der Waals surface area contributed by atoms with Crippen LogP contribution in [0.4, 0.5) is 0 Å². The molecule has 500 valence electrons. The van der Waals surface area contributed by atoms with Crippen molar-refractivity contribution in [3.63, 3.8) is 0 Å². The topological polar surface area (TPSA) is 231 Å². The predicted octanol–water partition coefficient (Wildman–Crippen LogP) is 18.1. The highest BCUT2D eigenvalue weighted by atomic mass is 31.2. The molecule has 0 fully saturated rings. The van der Waals surface area contributed by atoms with Gasteiger partial charge in [-0.1, -0.05) is 220 Å². The van der Waals surface area contributed by atoms with Gasteiger partial charge in [0.05, 0.1) is 26.4 Å². The molecule has 0 spiro atoms. The van der Waals surface area contributed by atoms with Crippen molar-refractivity contribution >= 4 is 33.6 Å². The second-order valence-corrected chi connectivity index (χ2v) is 24.8. The van der Waals surface area contributed by atoms with Gasteiger partial charge in [-0.2, -0.15) is 0 Å². The van der Waals surface area contributed by atoms with Crippen LogP contribution in [0, 0.1) is 0 Å². The molecule has 5 atom stereocenters. The second kappa shape index (κ2) is 62.4. The first kappa shape index (κ1) is 83.2. The minimum atomic E-state index is -4.92. The molecule has 16 nitrogen and oxygen atoms in total. The SMILES string of the molecule is CC/C=C\C/C=C\C/C=C\C/C=C\C/C=C\C/C=C\CCCCCCCCC(=O)OCC(O)COP(=O)(O)OCC(O)COP(=O)(O)OCC(COC(=O)CCCCCCC/C=C\C/C=C\CCC)OC(=O)CCCCCCC/C=C\CCCCCC. The Balaban J connectivity index is 4.56. The lowest BCUT2D eigenvalue weighted by Crippen LogP contribution is -2.30. The van der Waals surface area contributed by atoms with Gasteiger partial charge < -0.3 is 34.2 Å². The highest BCUT2D eigenvalue weighted by Gasteiger charge is 2.29. The van der Waals surface area contributed by atoms with Crippen molar-refractivity contribution in [3.05, 3.63) is 109 Å². The summed E-state index contributed by atoms with van der Waals surface area (Å²) >= 11 is 0. The maximum absolute atomic E-state index is 12.9. The number of carbonyl (C=O) groups excluding carboxylic acids is 3. The van der Waals surface area contributed by atoms with E-state index in [1.54, 1.807) is 0 Å². The Labute approximate surface area is 526 Å². The fourth-order valence-corrected chi connectivity index (χ4v) is 9.95. The Hall–Kier alpha value is -3.79. The normalized spacial score (nSPS) is 15.0. The van der Waals surface area contributed by atoms with E-state index in [9.17, 15) is 43.5 Å². The van der Waals surface area contributed by atoms with Gasteiger partial charge in [0.15, 0.2) is 6.10 Å². The van der Waals surface area contributed by atoms with E-state index in [0.717, 1.165) is 167 Å². The Morgan fingerprint density at radius 2 is 0.632 bits per heavy atom. The number of phosphoric acid groups is 2. The van der Waals surface area contributed by atoms with E-state index in [-0.39, 0.29) is 19.3 Å². The Morgan fingerprint density at radius 3 is 1.02 bits per heavy atom. The molecule has 0 aromatic carbocycles. The number of hydrogen-bond acceptors (Lipinski definition) is 14. The van der Waals surface area contributed by atoms with E-state index in [0.29, 0.717) is 19.3 Å². The molecule has 0 amide bonds. The number of phosphoric ester groups is 2. The Kier molecular flexibility index (Phi) is 59.7. The van der Waals surface area contributed by atoms with E-state index < -0.39 is 91.5 Å². The summed E-state index contributed by atoms with van der Waals surface area (Å²) in [5, 5.41) is 20.5. The predicted molar refractivity (Wildman–Crippen MR) is 353 cm³/mol. The lowest BCUT2D eigenvalue weighted by molar-refractivity contribution is -0.161. The number of allylic oxidation sites excluding steroid dienone is 18. The number of hydrogen-bond donors (Lipinski definition) is 4. The van der Waals surface area contributed by atoms with Crippen LogP contribution >= 0.6 is 15.6 Å². The second-order valence-electron chi connectivity index (χ2n) is 21.9. The van der Waals surface area contributed by atoms with Gasteiger partial charge in [-0.3, -0.25) is 32.5 Å². The summed E-state index contributed by atoms with van der Waals surface area (Å²) in [6, 6.07) is 0. The van der Waals surface area contributed by atoms with Crippen molar-refractivity contribution in [1.29, 1.82) is 0 Å². The summed E-state index contributed by atoms with van der Waals surface area (Å²) in [4.78, 5) is 58.2. The van der Waals surface area contributed by atoms with Crippen LogP contribution in [0.25, 0.3) is 0 Å². The van der Waals surface area contributed by atoms with Gasteiger partial charge in [-0.15, -0.1) is 0 Å². The van der Waals surface area contributed by atoms with Crippen molar-refractivity contribution in [1.82, 2.24) is 0 Å². The first-order valence-electron chi connectivity index (χ1n) is 33.2. The fraction of sp³-hybridized carbons (Fsp3) is 0.696. The molecular formula is C69H118O16P2. The van der Waals surface area contributed by atoms with Crippen LogP contribution in [0.2, 0.25) is 0 Å². The number of carbonyl (C=O) groups is 3. The molecule has 0 saturated carbocycles. The first-order valence-corrected chi connectivity index (χ1v) is 36.2. The maximum Gasteiger partial charge on any atom is 0.472 e. The molecular weight excluding hydrogens is 1150 g/mol. The molecule has 0 aliphatic carbocycles. The van der Waals surface area contributed by atoms with Gasteiger partial charge in [0.2, 0.25) is 0 Å². The van der Waals surface area contributed by atoms with Crippen molar-refractivity contribution in [3.8, 4) is 0 Å². The lowest BCUT2D eigenvalue weighted by atomic mass is 10.1. The molecule has 0 heterocycles. The van der Waals surface area contributed by atoms with Crippen molar-refractivity contribution in [2.24, 2.45) is 0 Å². The van der Waals surface area contributed by atoms with Crippen molar-refractivity contribution in [2.45, 2.75) is 270 Å². The quantitative estimate of drug-likeness (QED) is 0.0146. The molecule has 0 bridgehead atoms. The average Bonchev–Trinajstić information content (AvgIpc) is 3.69. The van der Waals surface area contributed by atoms with Gasteiger partial charge in [0, 0.05) is 19.3 Å². The van der Waals surface area contributed by atoms with Gasteiger partial charge in [-0.25, -0.2) is 9.13 Å². The zero-order chi connectivity index (χ0) is 63.8. The molecule has 0 aliphatic rings. The van der Waals surface area contributed by atoms with Crippen molar-refractivity contribution < 1.29 is 75.8 Å². The first-order chi connectivity index (χ1) is 42.2. The number of unbranched alkanes of at least 4 members (excludes halogenated alkanes) is 21. The van der Waals surface area contributed by atoms with Crippen LogP contribution in [0.1, 0.15) is 252 Å². The highest BCUT2D eigenvalue weighted by Crippen LogP contribution is 2.45. The van der Waals surface area contributed by atoms with E-state index in [1.165, 1.54) is 25.7 Å². The molecule has 0 saturated heterocycles. The molecule has 0 radical (unpaired) electrons. The minimum Gasteiger partial charge on any atom is -0.463 e. The van der Waals surface area contributed by atoms with E-state index in [1.807, 2.05) is 0 Å². The van der Waals surface area contributed by atoms with Crippen molar-refractivity contribution in [2.75, 3.05) is 39.6 Å². The molecule has 4 N–H and O–H groups in total. The fourth-order valence-electron chi connectivity index (χ4n) is 8.37. The Morgan fingerprint density at radius 1 is 0.333 bits per heavy atom. The van der Waals surface area contributed by atoms with Crippen LogP contribution in [0.15, 0.2) is 109 Å². The molecule has 5 unspecified atom stereocenters. The third-order valence-electron chi connectivity index (χ3n) is 13.4.